The number of hydrogen-bond acceptors (Lipinski definition) is 2. The van der Waals surface area contributed by atoms with E-state index >= 15 is 0 Å². The Balaban J connectivity index is 2.25. The third-order valence-corrected chi connectivity index (χ3v) is 2.98. The number of carbonyl (C=O) groups excluding carboxylic acids is 1. The van der Waals surface area contributed by atoms with Crippen molar-refractivity contribution in [3.8, 4) is 0 Å². The normalized spacial score (nSPS) is 21.9. The highest BCUT2D eigenvalue weighted by atomic mass is 16.5. The third-order valence-electron chi connectivity index (χ3n) is 2.98. The topological polar surface area (TPSA) is 38.3 Å². The maximum atomic E-state index is 11.2. The minimum Gasteiger partial charge on any atom is -0.375 e. The molecule has 1 aliphatic rings. The van der Waals surface area contributed by atoms with E-state index in [9.17, 15) is 4.79 Å². The van der Waals surface area contributed by atoms with Crippen LogP contribution in [0.5, 0.6) is 0 Å². The number of methoxy groups -OCH3 is 1. The van der Waals surface area contributed by atoms with Crippen LogP contribution in [0.3, 0.4) is 0 Å². The minimum atomic E-state index is 0.0113. The van der Waals surface area contributed by atoms with Gasteiger partial charge in [-0.15, -0.1) is 0 Å². The first-order valence-electron chi connectivity index (χ1n) is 5.32. The van der Waals surface area contributed by atoms with E-state index < -0.39 is 0 Å². The third kappa shape index (κ3) is 3.66. The lowest BCUT2D eigenvalue weighted by Gasteiger charge is -2.34. The Kier molecular flexibility index (Phi) is 3.93. The zero-order chi connectivity index (χ0) is 10.6. The van der Waals surface area contributed by atoms with E-state index in [1.165, 1.54) is 12.8 Å². The van der Waals surface area contributed by atoms with Crippen LogP contribution < -0.4 is 5.32 Å². The summed E-state index contributed by atoms with van der Waals surface area (Å²) in [5.41, 5.74) is 0.461. The van der Waals surface area contributed by atoms with Gasteiger partial charge in [0, 0.05) is 13.2 Å². The second-order valence-corrected chi connectivity index (χ2v) is 4.94. The summed E-state index contributed by atoms with van der Waals surface area (Å²) >= 11 is 0. The first-order chi connectivity index (χ1) is 6.53. The Morgan fingerprint density at radius 2 is 2.00 bits per heavy atom. The molecule has 0 saturated heterocycles. The molecule has 82 valence electrons. The second kappa shape index (κ2) is 4.78. The molecule has 1 N–H and O–H groups in total. The average Bonchev–Trinajstić information content (AvgIpc) is 2.09. The van der Waals surface area contributed by atoms with Crippen LogP contribution in [0.4, 0.5) is 0 Å². The summed E-state index contributed by atoms with van der Waals surface area (Å²) in [5.74, 6) is 0.0113. The van der Waals surface area contributed by atoms with Gasteiger partial charge in [-0.2, -0.15) is 0 Å². The van der Waals surface area contributed by atoms with E-state index in [1.807, 2.05) is 0 Å². The smallest absolute Gasteiger partial charge is 0.246 e. The Labute approximate surface area is 86.2 Å². The maximum absolute atomic E-state index is 11.2. The first-order valence-corrected chi connectivity index (χ1v) is 5.32. The lowest BCUT2D eigenvalue weighted by Crippen LogP contribution is -2.40. The van der Waals surface area contributed by atoms with Crippen molar-refractivity contribution >= 4 is 5.91 Å². The van der Waals surface area contributed by atoms with Gasteiger partial charge in [0.25, 0.3) is 0 Å². The fourth-order valence-corrected chi connectivity index (χ4v) is 1.94. The molecule has 0 spiro atoms. The predicted molar refractivity (Wildman–Crippen MR) is 56.1 cm³/mol. The lowest BCUT2D eigenvalue weighted by atomic mass is 9.75. The molecule has 3 heteroatoms. The van der Waals surface area contributed by atoms with Crippen LogP contribution in [0.2, 0.25) is 0 Å². The molecule has 14 heavy (non-hydrogen) atoms. The molecule has 1 amide bonds. The molecule has 1 fully saturated rings. The summed E-state index contributed by atoms with van der Waals surface area (Å²) in [6, 6.07) is 0.366. The van der Waals surface area contributed by atoms with Gasteiger partial charge in [0.2, 0.25) is 5.91 Å². The molecular weight excluding hydrogens is 178 g/mol. The van der Waals surface area contributed by atoms with Crippen molar-refractivity contribution in [2.24, 2.45) is 5.41 Å². The van der Waals surface area contributed by atoms with Gasteiger partial charge in [0.1, 0.15) is 6.61 Å². The quantitative estimate of drug-likeness (QED) is 0.751. The van der Waals surface area contributed by atoms with Gasteiger partial charge in [-0.1, -0.05) is 13.8 Å². The van der Waals surface area contributed by atoms with E-state index in [0.717, 1.165) is 12.8 Å². The Bertz CT molecular complexity index is 191. The largest absolute Gasteiger partial charge is 0.375 e. The Hall–Kier alpha value is -0.570. The number of carbonyl (C=O) groups is 1. The summed E-state index contributed by atoms with van der Waals surface area (Å²) in [6.07, 6.45) is 4.60. The molecule has 1 saturated carbocycles. The van der Waals surface area contributed by atoms with Gasteiger partial charge in [-0.3, -0.25) is 4.79 Å². The van der Waals surface area contributed by atoms with E-state index in [1.54, 1.807) is 7.11 Å². The summed E-state index contributed by atoms with van der Waals surface area (Å²) in [7, 11) is 1.55. The van der Waals surface area contributed by atoms with Crippen LogP contribution in [0, 0.1) is 5.41 Å². The van der Waals surface area contributed by atoms with Crippen LogP contribution in [-0.4, -0.2) is 25.7 Å². The highest BCUT2D eigenvalue weighted by Gasteiger charge is 2.27. The molecule has 0 atom stereocenters. The summed E-state index contributed by atoms with van der Waals surface area (Å²) < 4.78 is 4.77. The minimum absolute atomic E-state index is 0.0113. The van der Waals surface area contributed by atoms with Gasteiger partial charge >= 0.3 is 0 Å². The van der Waals surface area contributed by atoms with Crippen molar-refractivity contribution in [1.29, 1.82) is 0 Å². The predicted octanol–water partition coefficient (Wildman–Crippen LogP) is 1.72. The van der Waals surface area contributed by atoms with E-state index in [0.29, 0.717) is 11.5 Å². The molecule has 0 bridgehead atoms. The standard InChI is InChI=1S/C11H21NO2/c1-11(2)6-4-9(5-7-11)12-10(13)8-14-3/h9H,4-8H2,1-3H3,(H,12,13). The van der Waals surface area contributed by atoms with Crippen LogP contribution in [0.15, 0.2) is 0 Å². The van der Waals surface area contributed by atoms with Crippen LogP contribution in [0.1, 0.15) is 39.5 Å². The van der Waals surface area contributed by atoms with Crippen molar-refractivity contribution in [2.75, 3.05) is 13.7 Å². The van der Waals surface area contributed by atoms with Gasteiger partial charge < -0.3 is 10.1 Å². The molecule has 0 radical (unpaired) electrons. The number of rotatable bonds is 3. The molecule has 1 rings (SSSR count). The first kappa shape index (κ1) is 11.5. The molecule has 1 aliphatic carbocycles. The molecule has 0 aliphatic heterocycles. The van der Waals surface area contributed by atoms with E-state index in [2.05, 4.69) is 19.2 Å². The summed E-state index contributed by atoms with van der Waals surface area (Å²) in [4.78, 5) is 11.2. The fourth-order valence-electron chi connectivity index (χ4n) is 1.94. The lowest BCUT2D eigenvalue weighted by molar-refractivity contribution is -0.125. The molecule has 0 heterocycles. The number of amides is 1. The van der Waals surface area contributed by atoms with Gasteiger partial charge in [0.15, 0.2) is 0 Å². The van der Waals surface area contributed by atoms with E-state index in [-0.39, 0.29) is 12.5 Å². The fraction of sp³-hybridized carbons (Fsp3) is 0.909. The van der Waals surface area contributed by atoms with Crippen molar-refractivity contribution in [3.63, 3.8) is 0 Å². The molecule has 3 nitrogen and oxygen atoms in total. The van der Waals surface area contributed by atoms with Crippen molar-refractivity contribution in [3.05, 3.63) is 0 Å². The van der Waals surface area contributed by atoms with Crippen molar-refractivity contribution < 1.29 is 9.53 Å². The van der Waals surface area contributed by atoms with Gasteiger partial charge in [0.05, 0.1) is 0 Å². The number of hydrogen-bond donors (Lipinski definition) is 1. The second-order valence-electron chi connectivity index (χ2n) is 4.94. The monoisotopic (exact) mass is 199 g/mol. The zero-order valence-corrected chi connectivity index (χ0v) is 9.43. The highest BCUT2D eigenvalue weighted by molar-refractivity contribution is 5.77. The molecule has 0 unspecified atom stereocenters. The summed E-state index contributed by atoms with van der Waals surface area (Å²) in [6.45, 7) is 4.76. The average molecular weight is 199 g/mol. The van der Waals surface area contributed by atoms with Crippen LogP contribution in [0.25, 0.3) is 0 Å². The molecule has 0 aromatic carbocycles. The number of ether oxygens (including phenoxy) is 1. The SMILES string of the molecule is COCC(=O)NC1CCC(C)(C)CC1. The maximum Gasteiger partial charge on any atom is 0.246 e. The van der Waals surface area contributed by atoms with Gasteiger partial charge in [-0.25, -0.2) is 0 Å². The highest BCUT2D eigenvalue weighted by Crippen LogP contribution is 2.34. The Morgan fingerprint density at radius 3 is 2.50 bits per heavy atom. The van der Waals surface area contributed by atoms with Crippen LogP contribution in [-0.2, 0) is 9.53 Å². The van der Waals surface area contributed by atoms with Gasteiger partial charge in [-0.05, 0) is 31.1 Å². The summed E-state index contributed by atoms with van der Waals surface area (Å²) in [5, 5.41) is 2.99. The number of nitrogens with one attached hydrogen (secondary N) is 1. The molecule has 0 aromatic heterocycles. The van der Waals surface area contributed by atoms with Crippen LogP contribution >= 0.6 is 0 Å². The van der Waals surface area contributed by atoms with Crippen molar-refractivity contribution in [1.82, 2.24) is 5.32 Å². The molecular formula is C11H21NO2. The zero-order valence-electron chi connectivity index (χ0n) is 9.43. The van der Waals surface area contributed by atoms with Crippen molar-refractivity contribution in [2.45, 2.75) is 45.6 Å². The Morgan fingerprint density at radius 1 is 1.43 bits per heavy atom. The molecule has 0 aromatic rings. The van der Waals surface area contributed by atoms with E-state index in [4.69, 9.17) is 4.74 Å².